The van der Waals surface area contributed by atoms with Gasteiger partial charge in [-0.05, 0) is 31.2 Å². The van der Waals surface area contributed by atoms with Crippen LogP contribution in [0.3, 0.4) is 0 Å². The quantitative estimate of drug-likeness (QED) is 0.287. The fourth-order valence-corrected chi connectivity index (χ4v) is 3.41. The van der Waals surface area contributed by atoms with Crippen molar-refractivity contribution < 1.29 is 54.3 Å². The van der Waals surface area contributed by atoms with E-state index in [4.69, 9.17) is 23.7 Å². The lowest BCUT2D eigenvalue weighted by Gasteiger charge is -2.45. The number of aliphatic hydroxyl groups is 6. The molecule has 1 aromatic carbocycles. The van der Waals surface area contributed by atoms with Gasteiger partial charge in [-0.3, -0.25) is 0 Å². The number of benzene rings is 1. The van der Waals surface area contributed by atoms with Crippen molar-refractivity contribution in [1.82, 2.24) is 0 Å². The summed E-state index contributed by atoms with van der Waals surface area (Å²) in [5.74, 6) is 1.00. The summed E-state index contributed by atoms with van der Waals surface area (Å²) in [6, 6.07) is 6.55. The number of hydrogen-bond acceptors (Lipinski definition) is 11. The second-order valence-electron chi connectivity index (χ2n) is 7.28. The summed E-state index contributed by atoms with van der Waals surface area (Å²) in [5.41, 5.74) is 0. The normalized spacial score (nSPS) is 42.0. The first-order chi connectivity index (χ1) is 14.3. The average Bonchev–Trinajstić information content (AvgIpc) is 2.75. The van der Waals surface area contributed by atoms with E-state index in [0.29, 0.717) is 11.5 Å². The minimum atomic E-state index is -1.65. The number of methoxy groups -OCH3 is 1. The highest BCUT2D eigenvalue weighted by Crippen LogP contribution is 2.30. The van der Waals surface area contributed by atoms with Crippen LogP contribution in [-0.2, 0) is 14.2 Å². The van der Waals surface area contributed by atoms with E-state index >= 15 is 0 Å². The zero-order valence-corrected chi connectivity index (χ0v) is 16.5. The van der Waals surface area contributed by atoms with Crippen molar-refractivity contribution in [2.24, 2.45) is 0 Å². The second-order valence-corrected chi connectivity index (χ2v) is 7.28. The Labute approximate surface area is 172 Å². The average molecular weight is 432 g/mol. The molecule has 0 radical (unpaired) electrons. The summed E-state index contributed by atoms with van der Waals surface area (Å²) in [4.78, 5) is 0. The standard InChI is InChI=1S/C19H28O11/c1-8-17(30-19-15(24)13(22)12(21)11(7-20)29-19)14(23)16(25)18(27-8)28-10-5-3-9(26-2)4-6-10/h3-6,8,11-25H,7H2,1-2H3/t8-,11+,12+,13-,14-,15+,16-,17+,18-,19+/m0/s1. The largest absolute Gasteiger partial charge is 0.497 e. The van der Waals surface area contributed by atoms with E-state index in [1.165, 1.54) is 7.11 Å². The van der Waals surface area contributed by atoms with Crippen LogP contribution in [0.25, 0.3) is 0 Å². The molecule has 2 aliphatic rings. The van der Waals surface area contributed by atoms with Crippen molar-refractivity contribution in [3.05, 3.63) is 24.3 Å². The summed E-state index contributed by atoms with van der Waals surface area (Å²) in [6.45, 7) is 0.943. The molecule has 0 spiro atoms. The third-order valence-electron chi connectivity index (χ3n) is 5.23. The van der Waals surface area contributed by atoms with Gasteiger partial charge in [0.2, 0.25) is 6.29 Å². The third-order valence-corrected chi connectivity index (χ3v) is 5.23. The molecular weight excluding hydrogens is 404 g/mol. The van der Waals surface area contributed by atoms with E-state index in [1.807, 2.05) is 0 Å². The Morgan fingerprint density at radius 3 is 2.00 bits per heavy atom. The van der Waals surface area contributed by atoms with Crippen molar-refractivity contribution in [1.29, 1.82) is 0 Å². The molecule has 10 atom stereocenters. The van der Waals surface area contributed by atoms with Crippen LogP contribution in [0.15, 0.2) is 24.3 Å². The van der Waals surface area contributed by atoms with Crippen LogP contribution >= 0.6 is 0 Å². The summed E-state index contributed by atoms with van der Waals surface area (Å²) >= 11 is 0. The van der Waals surface area contributed by atoms with Gasteiger partial charge in [0.15, 0.2) is 6.29 Å². The lowest BCUT2D eigenvalue weighted by Crippen LogP contribution is -2.64. The van der Waals surface area contributed by atoms with E-state index in [9.17, 15) is 30.6 Å². The van der Waals surface area contributed by atoms with Crippen molar-refractivity contribution in [2.45, 2.75) is 68.3 Å². The Balaban J connectivity index is 1.65. The lowest BCUT2D eigenvalue weighted by molar-refractivity contribution is -0.348. The number of rotatable bonds is 6. The summed E-state index contributed by atoms with van der Waals surface area (Å²) in [7, 11) is 1.53. The molecule has 2 aliphatic heterocycles. The second kappa shape index (κ2) is 9.73. The van der Waals surface area contributed by atoms with Crippen molar-refractivity contribution in [2.75, 3.05) is 13.7 Å². The predicted molar refractivity (Wildman–Crippen MR) is 98.6 cm³/mol. The fraction of sp³-hybridized carbons (Fsp3) is 0.684. The van der Waals surface area contributed by atoms with Gasteiger partial charge >= 0.3 is 0 Å². The molecule has 0 amide bonds. The van der Waals surface area contributed by atoms with E-state index in [0.717, 1.165) is 0 Å². The van der Waals surface area contributed by atoms with Gasteiger partial charge in [0.1, 0.15) is 54.2 Å². The Kier molecular flexibility index (Phi) is 7.50. The molecule has 3 rings (SSSR count). The molecule has 11 heteroatoms. The molecule has 0 aliphatic carbocycles. The van der Waals surface area contributed by atoms with Gasteiger partial charge in [-0.25, -0.2) is 0 Å². The zero-order chi connectivity index (χ0) is 22.0. The Morgan fingerprint density at radius 2 is 1.40 bits per heavy atom. The molecule has 11 nitrogen and oxygen atoms in total. The maximum absolute atomic E-state index is 10.5. The molecule has 170 valence electrons. The molecule has 2 heterocycles. The lowest BCUT2D eigenvalue weighted by atomic mass is 9.97. The molecule has 2 saturated heterocycles. The SMILES string of the molecule is COc1ccc(O[C@@H]2O[C@@H](C)[C@@H](O[C@H]3O[C@H](CO)[C@@H](O)[C@H](O)[C@H]3O)[C@@H](O)[C@@H]2O)cc1. The van der Waals surface area contributed by atoms with E-state index in [-0.39, 0.29) is 0 Å². The third kappa shape index (κ3) is 4.69. The zero-order valence-electron chi connectivity index (χ0n) is 16.5. The van der Waals surface area contributed by atoms with E-state index in [1.54, 1.807) is 31.2 Å². The van der Waals surface area contributed by atoms with Gasteiger partial charge in [0.25, 0.3) is 0 Å². The molecule has 1 aromatic rings. The minimum Gasteiger partial charge on any atom is -0.497 e. The van der Waals surface area contributed by atoms with E-state index in [2.05, 4.69) is 0 Å². The monoisotopic (exact) mass is 432 g/mol. The van der Waals surface area contributed by atoms with Crippen LogP contribution in [-0.4, -0.2) is 106 Å². The molecule has 0 saturated carbocycles. The van der Waals surface area contributed by atoms with Gasteiger partial charge in [-0.2, -0.15) is 0 Å². The summed E-state index contributed by atoms with van der Waals surface area (Å²) in [6.07, 6.45) is -13.6. The Hall–Kier alpha value is -1.54. The Bertz CT molecular complexity index is 669. The van der Waals surface area contributed by atoms with Crippen molar-refractivity contribution in [3.63, 3.8) is 0 Å². The first-order valence-electron chi connectivity index (χ1n) is 9.55. The van der Waals surface area contributed by atoms with Crippen LogP contribution < -0.4 is 9.47 Å². The highest BCUT2D eigenvalue weighted by Gasteiger charge is 2.50. The smallest absolute Gasteiger partial charge is 0.229 e. The molecule has 2 fully saturated rings. The highest BCUT2D eigenvalue weighted by atomic mass is 16.7. The van der Waals surface area contributed by atoms with Gasteiger partial charge in [0.05, 0.1) is 19.8 Å². The molecule has 0 unspecified atom stereocenters. The molecular formula is C19H28O11. The van der Waals surface area contributed by atoms with Gasteiger partial charge in [-0.1, -0.05) is 0 Å². The van der Waals surface area contributed by atoms with Crippen LogP contribution in [0.1, 0.15) is 6.92 Å². The number of aliphatic hydroxyl groups excluding tert-OH is 6. The van der Waals surface area contributed by atoms with Gasteiger partial charge in [-0.15, -0.1) is 0 Å². The fourth-order valence-electron chi connectivity index (χ4n) is 3.41. The number of ether oxygens (including phenoxy) is 5. The van der Waals surface area contributed by atoms with Gasteiger partial charge in [0, 0.05) is 0 Å². The van der Waals surface area contributed by atoms with E-state index < -0.39 is 68.0 Å². The first-order valence-corrected chi connectivity index (χ1v) is 9.55. The molecule has 6 N–H and O–H groups in total. The van der Waals surface area contributed by atoms with Crippen LogP contribution in [0.5, 0.6) is 11.5 Å². The van der Waals surface area contributed by atoms with Gasteiger partial charge < -0.3 is 54.3 Å². The molecule has 0 aromatic heterocycles. The van der Waals surface area contributed by atoms with Crippen LogP contribution in [0.4, 0.5) is 0 Å². The molecule has 30 heavy (non-hydrogen) atoms. The Morgan fingerprint density at radius 1 is 0.800 bits per heavy atom. The topological polar surface area (TPSA) is 168 Å². The minimum absolute atomic E-state index is 0.382. The van der Waals surface area contributed by atoms with Crippen LogP contribution in [0.2, 0.25) is 0 Å². The highest BCUT2D eigenvalue weighted by molar-refractivity contribution is 5.31. The maximum Gasteiger partial charge on any atom is 0.229 e. The molecule has 0 bridgehead atoms. The maximum atomic E-state index is 10.5. The summed E-state index contributed by atoms with van der Waals surface area (Å²) < 4.78 is 27.1. The van der Waals surface area contributed by atoms with Crippen LogP contribution in [0, 0.1) is 0 Å². The number of hydrogen-bond donors (Lipinski definition) is 6. The van der Waals surface area contributed by atoms with Crippen molar-refractivity contribution in [3.8, 4) is 11.5 Å². The summed E-state index contributed by atoms with van der Waals surface area (Å²) in [5, 5.41) is 60.1. The first kappa shape index (κ1) is 23.1. The predicted octanol–water partition coefficient (Wildman–Crippen LogP) is -2.27. The van der Waals surface area contributed by atoms with Crippen molar-refractivity contribution >= 4 is 0 Å².